The van der Waals surface area contributed by atoms with Crippen LogP contribution in [0, 0.1) is 6.92 Å². The van der Waals surface area contributed by atoms with Crippen LogP contribution in [0.1, 0.15) is 20.2 Å². The van der Waals surface area contributed by atoms with Crippen molar-refractivity contribution in [2.75, 3.05) is 18.5 Å². The number of nitrogens with zero attached hydrogens (tertiary/aromatic N) is 1. The SMILES string of the molecule is Cc1c(NC(=O)c2ncc(CNCCO)s2)cccc1-c1ccccc1. The van der Waals surface area contributed by atoms with Crippen molar-refractivity contribution in [2.45, 2.75) is 13.5 Å². The lowest BCUT2D eigenvalue weighted by Gasteiger charge is -2.12. The van der Waals surface area contributed by atoms with E-state index in [4.69, 9.17) is 5.11 Å². The van der Waals surface area contributed by atoms with Crippen LogP contribution in [0.25, 0.3) is 11.1 Å². The summed E-state index contributed by atoms with van der Waals surface area (Å²) >= 11 is 1.35. The maximum atomic E-state index is 12.5. The van der Waals surface area contributed by atoms with Crippen molar-refractivity contribution >= 4 is 22.9 Å². The van der Waals surface area contributed by atoms with Gasteiger partial charge in [0.05, 0.1) is 6.61 Å². The average Bonchev–Trinajstić information content (AvgIpc) is 3.13. The Hall–Kier alpha value is -2.54. The molecule has 0 spiro atoms. The molecule has 0 aliphatic heterocycles. The fraction of sp³-hybridized carbons (Fsp3) is 0.200. The van der Waals surface area contributed by atoms with Gasteiger partial charge in [0.25, 0.3) is 5.91 Å². The van der Waals surface area contributed by atoms with Gasteiger partial charge in [0, 0.05) is 29.9 Å². The van der Waals surface area contributed by atoms with Gasteiger partial charge in [-0.15, -0.1) is 11.3 Å². The second-order valence-electron chi connectivity index (χ2n) is 5.83. The highest BCUT2D eigenvalue weighted by Crippen LogP contribution is 2.28. The normalized spacial score (nSPS) is 10.7. The van der Waals surface area contributed by atoms with Gasteiger partial charge in [-0.2, -0.15) is 0 Å². The average molecular weight is 367 g/mol. The predicted octanol–water partition coefficient (Wildman–Crippen LogP) is 3.45. The molecule has 3 rings (SSSR count). The molecule has 3 N–H and O–H groups in total. The maximum Gasteiger partial charge on any atom is 0.284 e. The quantitative estimate of drug-likeness (QED) is 0.559. The van der Waals surface area contributed by atoms with Crippen LogP contribution in [0.5, 0.6) is 0 Å². The first-order valence-electron chi connectivity index (χ1n) is 8.41. The Bertz CT molecular complexity index is 878. The molecule has 0 atom stereocenters. The molecule has 1 heterocycles. The first-order chi connectivity index (χ1) is 12.7. The summed E-state index contributed by atoms with van der Waals surface area (Å²) < 4.78 is 0. The number of carbonyl (C=O) groups excluding carboxylic acids is 1. The van der Waals surface area contributed by atoms with Crippen LogP contribution in [0.2, 0.25) is 0 Å². The molecule has 0 radical (unpaired) electrons. The van der Waals surface area contributed by atoms with E-state index in [1.165, 1.54) is 11.3 Å². The Kier molecular flexibility index (Phi) is 6.12. The fourth-order valence-electron chi connectivity index (χ4n) is 2.66. The molecule has 1 amide bonds. The van der Waals surface area contributed by atoms with Crippen molar-refractivity contribution in [3.8, 4) is 11.1 Å². The minimum absolute atomic E-state index is 0.0865. The summed E-state index contributed by atoms with van der Waals surface area (Å²) in [7, 11) is 0. The van der Waals surface area contributed by atoms with Crippen molar-refractivity contribution in [1.29, 1.82) is 0 Å². The van der Waals surface area contributed by atoms with E-state index < -0.39 is 0 Å². The van der Waals surface area contributed by atoms with Gasteiger partial charge in [0.15, 0.2) is 5.01 Å². The molecule has 0 saturated carbocycles. The number of anilines is 1. The molecule has 0 saturated heterocycles. The van der Waals surface area contributed by atoms with E-state index in [9.17, 15) is 4.79 Å². The lowest BCUT2D eigenvalue weighted by atomic mass is 9.99. The minimum Gasteiger partial charge on any atom is -0.395 e. The molecule has 5 nitrogen and oxygen atoms in total. The van der Waals surface area contributed by atoms with E-state index in [1.54, 1.807) is 6.20 Å². The van der Waals surface area contributed by atoms with Crippen LogP contribution in [-0.4, -0.2) is 29.1 Å². The topological polar surface area (TPSA) is 74.2 Å². The van der Waals surface area contributed by atoms with E-state index in [-0.39, 0.29) is 12.5 Å². The van der Waals surface area contributed by atoms with Gasteiger partial charge in [0.1, 0.15) is 0 Å². The van der Waals surface area contributed by atoms with Crippen LogP contribution in [0.3, 0.4) is 0 Å². The number of nitrogens with one attached hydrogen (secondary N) is 2. The van der Waals surface area contributed by atoms with Gasteiger partial charge in [-0.1, -0.05) is 42.5 Å². The smallest absolute Gasteiger partial charge is 0.284 e. The van der Waals surface area contributed by atoms with Gasteiger partial charge in [-0.25, -0.2) is 4.98 Å². The molecule has 2 aromatic carbocycles. The van der Waals surface area contributed by atoms with Gasteiger partial charge in [-0.05, 0) is 29.7 Å². The van der Waals surface area contributed by atoms with Crippen LogP contribution in [-0.2, 0) is 6.54 Å². The molecule has 6 heteroatoms. The zero-order chi connectivity index (χ0) is 18.4. The lowest BCUT2D eigenvalue weighted by molar-refractivity contribution is 0.102. The van der Waals surface area contributed by atoms with Crippen LogP contribution in [0.4, 0.5) is 5.69 Å². The Morgan fingerprint density at radius 1 is 1.15 bits per heavy atom. The van der Waals surface area contributed by atoms with E-state index in [1.807, 2.05) is 37.3 Å². The molecule has 134 valence electrons. The molecule has 0 unspecified atom stereocenters. The standard InChI is InChI=1S/C20H21N3O2S/c1-14-17(15-6-3-2-4-7-15)8-5-9-18(14)23-19(25)20-22-13-16(26-20)12-21-10-11-24/h2-9,13,21,24H,10-12H2,1H3,(H,23,25). The van der Waals surface area contributed by atoms with Gasteiger partial charge in [-0.3, -0.25) is 4.79 Å². The maximum absolute atomic E-state index is 12.5. The van der Waals surface area contributed by atoms with E-state index in [0.29, 0.717) is 18.1 Å². The molecule has 3 aromatic rings. The third-order valence-corrected chi connectivity index (χ3v) is 5.00. The van der Waals surface area contributed by atoms with Crippen molar-refractivity contribution in [1.82, 2.24) is 10.3 Å². The summed E-state index contributed by atoms with van der Waals surface area (Å²) in [5.41, 5.74) is 4.02. The summed E-state index contributed by atoms with van der Waals surface area (Å²) in [6.07, 6.45) is 1.69. The Balaban J connectivity index is 1.74. The number of thiazole rings is 1. The highest BCUT2D eigenvalue weighted by molar-refractivity contribution is 7.13. The first kappa shape index (κ1) is 18.3. The molecule has 0 aliphatic carbocycles. The zero-order valence-corrected chi connectivity index (χ0v) is 15.3. The van der Waals surface area contributed by atoms with E-state index >= 15 is 0 Å². The third kappa shape index (κ3) is 4.35. The van der Waals surface area contributed by atoms with Gasteiger partial charge in [0.2, 0.25) is 0 Å². The molecular formula is C20H21N3O2S. The summed E-state index contributed by atoms with van der Waals surface area (Å²) in [5.74, 6) is -0.211. The second-order valence-corrected chi connectivity index (χ2v) is 6.95. The van der Waals surface area contributed by atoms with Crippen LogP contribution in [0.15, 0.2) is 54.7 Å². The number of aliphatic hydroxyl groups is 1. The third-order valence-electron chi connectivity index (χ3n) is 4.00. The van der Waals surface area contributed by atoms with Crippen LogP contribution < -0.4 is 10.6 Å². The van der Waals surface area contributed by atoms with Crippen molar-refractivity contribution in [3.63, 3.8) is 0 Å². The Labute approximate surface area is 156 Å². The molecular weight excluding hydrogens is 346 g/mol. The highest BCUT2D eigenvalue weighted by Gasteiger charge is 2.14. The number of carbonyl (C=O) groups is 1. The summed E-state index contributed by atoms with van der Waals surface area (Å²) in [4.78, 5) is 17.7. The van der Waals surface area contributed by atoms with Gasteiger partial charge >= 0.3 is 0 Å². The van der Waals surface area contributed by atoms with E-state index in [2.05, 4.69) is 33.8 Å². The highest BCUT2D eigenvalue weighted by atomic mass is 32.1. The van der Waals surface area contributed by atoms with Crippen molar-refractivity contribution < 1.29 is 9.90 Å². The summed E-state index contributed by atoms with van der Waals surface area (Å²) in [6.45, 7) is 3.20. The van der Waals surface area contributed by atoms with Crippen molar-refractivity contribution in [2.24, 2.45) is 0 Å². The molecule has 0 fully saturated rings. The van der Waals surface area contributed by atoms with Crippen LogP contribution >= 0.6 is 11.3 Å². The number of rotatable bonds is 7. The number of benzene rings is 2. The fourth-order valence-corrected chi connectivity index (χ4v) is 3.44. The molecule has 26 heavy (non-hydrogen) atoms. The molecule has 0 bridgehead atoms. The monoisotopic (exact) mass is 367 g/mol. The number of aliphatic hydroxyl groups excluding tert-OH is 1. The predicted molar refractivity (Wildman–Crippen MR) is 105 cm³/mol. The van der Waals surface area contributed by atoms with Gasteiger partial charge < -0.3 is 15.7 Å². The molecule has 1 aromatic heterocycles. The summed E-state index contributed by atoms with van der Waals surface area (Å²) in [5, 5.41) is 15.3. The zero-order valence-electron chi connectivity index (χ0n) is 14.5. The van der Waals surface area contributed by atoms with Crippen molar-refractivity contribution in [3.05, 3.63) is 70.2 Å². The second kappa shape index (κ2) is 8.71. The minimum atomic E-state index is -0.211. The number of amides is 1. The lowest BCUT2D eigenvalue weighted by Crippen LogP contribution is -2.16. The summed E-state index contributed by atoms with van der Waals surface area (Å²) in [6, 6.07) is 16.0. The van der Waals surface area contributed by atoms with E-state index in [0.717, 1.165) is 27.3 Å². The molecule has 0 aliphatic rings. The number of hydrogen-bond donors (Lipinski definition) is 3. The Morgan fingerprint density at radius 2 is 1.96 bits per heavy atom. The largest absolute Gasteiger partial charge is 0.395 e. The first-order valence-corrected chi connectivity index (χ1v) is 9.23. The number of aromatic nitrogens is 1. The Morgan fingerprint density at radius 3 is 2.73 bits per heavy atom. The number of hydrogen-bond acceptors (Lipinski definition) is 5.